The fraction of sp³-hybridized carbons (Fsp3) is 0.833. The minimum absolute atomic E-state index is 0.0241. The molecule has 0 bridgehead atoms. The van der Waals surface area contributed by atoms with Crippen molar-refractivity contribution in [3.63, 3.8) is 0 Å². The molecule has 4 heteroatoms. The van der Waals surface area contributed by atoms with Crippen LogP contribution in [0.3, 0.4) is 0 Å². The van der Waals surface area contributed by atoms with Crippen molar-refractivity contribution in [2.75, 3.05) is 13.1 Å². The number of hydrogen-bond acceptors (Lipinski definition) is 2. The van der Waals surface area contributed by atoms with E-state index in [0.29, 0.717) is 0 Å². The van der Waals surface area contributed by atoms with Gasteiger partial charge in [0.1, 0.15) is 16.5 Å². The summed E-state index contributed by atoms with van der Waals surface area (Å²) >= 11 is 0. The highest BCUT2D eigenvalue weighted by molar-refractivity contribution is 6.74. The Morgan fingerprint density at radius 1 is 0.607 bits per heavy atom. The van der Waals surface area contributed by atoms with Crippen molar-refractivity contribution in [2.24, 2.45) is 0 Å². The molecule has 2 saturated carbocycles. The standard InChI is InChI=1S/C24H44N2Si2/c1-9-23(17-13-11-14-18-23)25(27(3,4)5)21-22-26(28(6,7)8)24(10-2)19-15-12-16-20-24/h1-2H,11-22H2,3-8H3. The monoisotopic (exact) mass is 416 g/mol. The lowest BCUT2D eigenvalue weighted by atomic mass is 9.81. The second kappa shape index (κ2) is 9.09. The van der Waals surface area contributed by atoms with Crippen LogP contribution in [-0.2, 0) is 0 Å². The molecule has 2 aliphatic carbocycles. The Labute approximate surface area is 178 Å². The summed E-state index contributed by atoms with van der Waals surface area (Å²) < 4.78 is 5.58. The lowest BCUT2D eigenvalue weighted by molar-refractivity contribution is 0.135. The van der Waals surface area contributed by atoms with Gasteiger partial charge in [-0.1, -0.05) is 89.6 Å². The van der Waals surface area contributed by atoms with E-state index in [9.17, 15) is 0 Å². The van der Waals surface area contributed by atoms with E-state index in [1.807, 2.05) is 0 Å². The molecule has 2 rings (SSSR count). The summed E-state index contributed by atoms with van der Waals surface area (Å²) in [5.41, 5.74) is -0.0482. The van der Waals surface area contributed by atoms with Crippen LogP contribution < -0.4 is 0 Å². The largest absolute Gasteiger partial charge is 0.308 e. The zero-order valence-electron chi connectivity index (χ0n) is 19.5. The number of terminal acetylenes is 2. The molecule has 0 aromatic rings. The average molecular weight is 417 g/mol. The molecule has 0 radical (unpaired) electrons. The highest BCUT2D eigenvalue weighted by Gasteiger charge is 2.46. The van der Waals surface area contributed by atoms with E-state index in [2.05, 4.69) is 60.3 Å². The Bertz CT molecular complexity index is 534. The summed E-state index contributed by atoms with van der Waals surface area (Å²) in [6.07, 6.45) is 24.9. The van der Waals surface area contributed by atoms with Crippen molar-refractivity contribution >= 4 is 16.5 Å². The van der Waals surface area contributed by atoms with Gasteiger partial charge >= 0.3 is 0 Å². The third-order valence-corrected chi connectivity index (χ3v) is 11.6. The van der Waals surface area contributed by atoms with Gasteiger partial charge in [-0.05, 0) is 25.7 Å². The first-order chi connectivity index (χ1) is 13.0. The summed E-state index contributed by atoms with van der Waals surface area (Å²) in [4.78, 5) is 0. The minimum atomic E-state index is -1.55. The molecule has 0 spiro atoms. The molecule has 0 atom stereocenters. The van der Waals surface area contributed by atoms with Gasteiger partial charge in [0, 0.05) is 13.1 Å². The molecule has 2 fully saturated rings. The predicted molar refractivity (Wildman–Crippen MR) is 129 cm³/mol. The van der Waals surface area contributed by atoms with Crippen LogP contribution in [0.5, 0.6) is 0 Å². The first-order valence-electron chi connectivity index (χ1n) is 11.5. The topological polar surface area (TPSA) is 6.48 Å². The Balaban J connectivity index is 2.30. The number of hydrogen-bond donors (Lipinski definition) is 0. The summed E-state index contributed by atoms with van der Waals surface area (Å²) in [5.74, 6) is 6.61. The molecule has 2 nitrogen and oxygen atoms in total. The fourth-order valence-electron chi connectivity index (χ4n) is 5.84. The molecule has 2 aliphatic rings. The van der Waals surface area contributed by atoms with E-state index in [4.69, 9.17) is 12.8 Å². The van der Waals surface area contributed by atoms with E-state index in [1.54, 1.807) is 0 Å². The molecule has 0 aromatic carbocycles. The Kier molecular flexibility index (Phi) is 7.71. The molecule has 0 heterocycles. The van der Waals surface area contributed by atoms with Gasteiger partial charge in [-0.25, -0.2) is 0 Å². The first-order valence-corrected chi connectivity index (χ1v) is 18.4. The summed E-state index contributed by atoms with van der Waals surface area (Å²) in [7, 11) is -3.10. The van der Waals surface area contributed by atoms with Gasteiger partial charge in [0.05, 0.1) is 11.1 Å². The minimum Gasteiger partial charge on any atom is -0.308 e. The highest BCUT2D eigenvalue weighted by Crippen LogP contribution is 2.39. The number of nitrogens with zero attached hydrogens (tertiary/aromatic N) is 2. The second-order valence-corrected chi connectivity index (χ2v) is 20.9. The van der Waals surface area contributed by atoms with Crippen molar-refractivity contribution in [3.05, 3.63) is 0 Å². The molecule has 0 aliphatic heterocycles. The van der Waals surface area contributed by atoms with E-state index in [0.717, 1.165) is 13.1 Å². The van der Waals surface area contributed by atoms with Crippen LogP contribution >= 0.6 is 0 Å². The Morgan fingerprint density at radius 3 is 1.11 bits per heavy atom. The SMILES string of the molecule is C#CC1(N(CCN(C2(C#C)CCCCC2)[Si](C)(C)C)[Si](C)(C)C)CCCCC1. The second-order valence-electron chi connectivity index (χ2n) is 11.1. The lowest BCUT2D eigenvalue weighted by Crippen LogP contribution is -2.65. The van der Waals surface area contributed by atoms with Crippen LogP contribution in [0.15, 0.2) is 0 Å². The van der Waals surface area contributed by atoms with E-state index in [1.165, 1.54) is 64.2 Å². The average Bonchev–Trinajstić information content (AvgIpc) is 2.64. The van der Waals surface area contributed by atoms with Gasteiger partial charge in [0.15, 0.2) is 0 Å². The Morgan fingerprint density at radius 2 is 0.893 bits per heavy atom. The summed E-state index contributed by atoms with van der Waals surface area (Å²) in [6.45, 7) is 17.0. The third kappa shape index (κ3) is 5.14. The van der Waals surface area contributed by atoms with Crippen molar-refractivity contribution < 1.29 is 0 Å². The molecule has 28 heavy (non-hydrogen) atoms. The first kappa shape index (κ1) is 23.7. The van der Waals surface area contributed by atoms with Crippen molar-refractivity contribution in [3.8, 4) is 24.7 Å². The molecule has 0 unspecified atom stereocenters. The fourth-order valence-corrected chi connectivity index (χ4v) is 10.5. The van der Waals surface area contributed by atoms with Gasteiger partial charge in [0.25, 0.3) is 0 Å². The molecule has 0 amide bonds. The van der Waals surface area contributed by atoms with Crippen LogP contribution in [0, 0.1) is 24.7 Å². The predicted octanol–water partition coefficient (Wildman–Crippen LogP) is 5.93. The van der Waals surface area contributed by atoms with Crippen LogP contribution in [0.1, 0.15) is 64.2 Å². The maximum atomic E-state index is 6.22. The molecule has 0 N–H and O–H groups in total. The molecule has 0 saturated heterocycles. The van der Waals surface area contributed by atoms with Crippen molar-refractivity contribution in [2.45, 2.75) is 115 Å². The Hall–Kier alpha value is -0.526. The molecule has 158 valence electrons. The summed E-state index contributed by atoms with van der Waals surface area (Å²) in [5, 5.41) is 0. The van der Waals surface area contributed by atoms with Crippen LogP contribution in [0.4, 0.5) is 0 Å². The quantitative estimate of drug-likeness (QED) is 0.375. The van der Waals surface area contributed by atoms with Gasteiger partial charge in [-0.3, -0.25) is 0 Å². The molecular weight excluding hydrogens is 372 g/mol. The van der Waals surface area contributed by atoms with E-state index < -0.39 is 16.5 Å². The van der Waals surface area contributed by atoms with Crippen LogP contribution in [0.2, 0.25) is 39.3 Å². The summed E-state index contributed by atoms with van der Waals surface area (Å²) in [6, 6.07) is 0. The molecule has 0 aromatic heterocycles. The zero-order chi connectivity index (χ0) is 21.1. The molecular formula is C24H44N2Si2. The van der Waals surface area contributed by atoms with Crippen molar-refractivity contribution in [1.82, 2.24) is 9.13 Å². The van der Waals surface area contributed by atoms with Crippen LogP contribution in [-0.4, -0.2) is 49.8 Å². The normalized spacial score (nSPS) is 22.6. The lowest BCUT2D eigenvalue weighted by Gasteiger charge is -2.53. The third-order valence-electron chi connectivity index (χ3n) is 7.10. The smallest absolute Gasteiger partial charge is 0.120 e. The van der Waals surface area contributed by atoms with Crippen LogP contribution in [0.25, 0.3) is 0 Å². The van der Waals surface area contributed by atoms with E-state index >= 15 is 0 Å². The van der Waals surface area contributed by atoms with Crippen molar-refractivity contribution in [1.29, 1.82) is 0 Å². The number of rotatable bonds is 7. The van der Waals surface area contributed by atoms with Gasteiger partial charge < -0.3 is 9.13 Å². The van der Waals surface area contributed by atoms with E-state index in [-0.39, 0.29) is 11.1 Å². The van der Waals surface area contributed by atoms with Gasteiger partial charge in [0.2, 0.25) is 0 Å². The highest BCUT2D eigenvalue weighted by atomic mass is 28.3. The maximum Gasteiger partial charge on any atom is 0.120 e. The van der Waals surface area contributed by atoms with Gasteiger partial charge in [-0.15, -0.1) is 12.8 Å². The zero-order valence-corrected chi connectivity index (χ0v) is 21.5. The maximum absolute atomic E-state index is 6.22. The van der Waals surface area contributed by atoms with Gasteiger partial charge in [-0.2, -0.15) is 0 Å².